The van der Waals surface area contributed by atoms with Crippen molar-refractivity contribution in [3.63, 3.8) is 0 Å². The van der Waals surface area contributed by atoms with Crippen LogP contribution in [0.15, 0.2) is 18.2 Å². The van der Waals surface area contributed by atoms with Crippen LogP contribution in [0.5, 0.6) is 0 Å². The van der Waals surface area contributed by atoms with Crippen LogP contribution in [0, 0.1) is 18.3 Å². The molecule has 0 saturated heterocycles. The molecule has 0 bridgehead atoms. The van der Waals surface area contributed by atoms with E-state index in [2.05, 4.69) is 10.6 Å². The predicted molar refractivity (Wildman–Crippen MR) is 60.3 cm³/mol. The Bertz CT molecular complexity index is 558. The molecule has 3 heteroatoms. The fourth-order valence-corrected chi connectivity index (χ4v) is 1.97. The van der Waals surface area contributed by atoms with Crippen molar-refractivity contribution >= 4 is 10.9 Å². The standard InChI is InChI=1S/C12H13N3/c1-8-11(7-14)10-4-3-9(6-13)5-12(10)15(8)2/h3-5H,7,14H2,1-2H3. The highest BCUT2D eigenvalue weighted by Crippen LogP contribution is 2.25. The second kappa shape index (κ2) is 3.41. The summed E-state index contributed by atoms with van der Waals surface area (Å²) in [7, 11) is 2.00. The fourth-order valence-electron chi connectivity index (χ4n) is 1.97. The molecule has 0 saturated carbocycles. The summed E-state index contributed by atoms with van der Waals surface area (Å²) in [5, 5.41) is 9.99. The van der Waals surface area contributed by atoms with Crippen molar-refractivity contribution in [3.8, 4) is 6.07 Å². The highest BCUT2D eigenvalue weighted by molar-refractivity contribution is 5.86. The summed E-state index contributed by atoms with van der Waals surface area (Å²) < 4.78 is 2.08. The van der Waals surface area contributed by atoms with Gasteiger partial charge >= 0.3 is 0 Å². The first-order valence-corrected chi connectivity index (χ1v) is 4.87. The number of nitriles is 1. The van der Waals surface area contributed by atoms with Crippen LogP contribution in [0.2, 0.25) is 0 Å². The van der Waals surface area contributed by atoms with E-state index in [4.69, 9.17) is 11.0 Å². The zero-order chi connectivity index (χ0) is 11.0. The molecule has 2 rings (SSSR count). The van der Waals surface area contributed by atoms with E-state index in [0.717, 1.165) is 16.5 Å². The molecule has 0 aliphatic rings. The van der Waals surface area contributed by atoms with Crippen molar-refractivity contribution in [1.82, 2.24) is 4.57 Å². The third-order valence-electron chi connectivity index (χ3n) is 2.96. The fraction of sp³-hybridized carbons (Fsp3) is 0.250. The number of benzene rings is 1. The van der Waals surface area contributed by atoms with Gasteiger partial charge in [0.05, 0.1) is 11.6 Å². The van der Waals surface area contributed by atoms with Gasteiger partial charge in [-0.05, 0) is 24.6 Å². The van der Waals surface area contributed by atoms with Crippen molar-refractivity contribution in [2.24, 2.45) is 12.8 Å². The molecule has 0 fully saturated rings. The van der Waals surface area contributed by atoms with E-state index in [-0.39, 0.29) is 0 Å². The Morgan fingerprint density at radius 1 is 1.47 bits per heavy atom. The van der Waals surface area contributed by atoms with Gasteiger partial charge in [-0.15, -0.1) is 0 Å². The lowest BCUT2D eigenvalue weighted by molar-refractivity contribution is 0.894. The summed E-state index contributed by atoms with van der Waals surface area (Å²) in [6, 6.07) is 7.86. The molecule has 15 heavy (non-hydrogen) atoms. The average Bonchev–Trinajstić information content (AvgIpc) is 2.51. The number of hydrogen-bond acceptors (Lipinski definition) is 2. The summed E-state index contributed by atoms with van der Waals surface area (Å²) >= 11 is 0. The molecule has 1 aromatic carbocycles. The molecule has 1 aromatic heterocycles. The maximum atomic E-state index is 8.84. The summed E-state index contributed by atoms with van der Waals surface area (Å²) in [6.07, 6.45) is 0. The normalized spacial score (nSPS) is 10.5. The SMILES string of the molecule is Cc1c(CN)c2ccc(C#N)cc2n1C. The predicted octanol–water partition coefficient (Wildman–Crippen LogP) is 1.82. The Morgan fingerprint density at radius 2 is 2.20 bits per heavy atom. The molecule has 0 aliphatic carbocycles. The molecule has 0 spiro atoms. The van der Waals surface area contributed by atoms with E-state index < -0.39 is 0 Å². The van der Waals surface area contributed by atoms with E-state index in [1.807, 2.05) is 32.2 Å². The number of nitrogens with two attached hydrogens (primary N) is 1. The molecule has 2 N–H and O–H groups in total. The van der Waals surface area contributed by atoms with Gasteiger partial charge in [-0.1, -0.05) is 6.07 Å². The minimum Gasteiger partial charge on any atom is -0.348 e. The lowest BCUT2D eigenvalue weighted by Crippen LogP contribution is -1.98. The first kappa shape index (κ1) is 9.75. The van der Waals surface area contributed by atoms with Gasteiger partial charge in [0.2, 0.25) is 0 Å². The zero-order valence-electron chi connectivity index (χ0n) is 8.91. The van der Waals surface area contributed by atoms with Crippen LogP contribution in [0.4, 0.5) is 0 Å². The maximum Gasteiger partial charge on any atom is 0.0992 e. The Labute approximate surface area is 88.7 Å². The molecule has 76 valence electrons. The molecular weight excluding hydrogens is 186 g/mol. The summed E-state index contributed by atoms with van der Waals surface area (Å²) in [6.45, 7) is 2.59. The summed E-state index contributed by atoms with van der Waals surface area (Å²) in [5.41, 5.74) is 9.82. The van der Waals surface area contributed by atoms with Gasteiger partial charge in [-0.25, -0.2) is 0 Å². The van der Waals surface area contributed by atoms with Gasteiger partial charge in [-0.3, -0.25) is 0 Å². The van der Waals surface area contributed by atoms with E-state index in [1.54, 1.807) is 0 Å². The number of nitrogens with zero attached hydrogens (tertiary/aromatic N) is 2. The van der Waals surface area contributed by atoms with Crippen molar-refractivity contribution in [3.05, 3.63) is 35.0 Å². The van der Waals surface area contributed by atoms with Crippen LogP contribution < -0.4 is 5.73 Å². The van der Waals surface area contributed by atoms with Gasteiger partial charge in [0, 0.05) is 30.2 Å². The lowest BCUT2D eigenvalue weighted by Gasteiger charge is -1.98. The van der Waals surface area contributed by atoms with Gasteiger partial charge in [-0.2, -0.15) is 5.26 Å². The number of aromatic nitrogens is 1. The van der Waals surface area contributed by atoms with Gasteiger partial charge in [0.1, 0.15) is 0 Å². The van der Waals surface area contributed by atoms with Crippen LogP contribution in [-0.4, -0.2) is 4.57 Å². The Hall–Kier alpha value is -1.79. The van der Waals surface area contributed by atoms with Crippen molar-refractivity contribution in [2.45, 2.75) is 13.5 Å². The molecule has 0 unspecified atom stereocenters. The van der Waals surface area contributed by atoms with E-state index >= 15 is 0 Å². The highest BCUT2D eigenvalue weighted by Gasteiger charge is 2.10. The second-order valence-corrected chi connectivity index (χ2v) is 3.67. The quantitative estimate of drug-likeness (QED) is 0.761. The second-order valence-electron chi connectivity index (χ2n) is 3.67. The number of hydrogen-bond donors (Lipinski definition) is 1. The van der Waals surface area contributed by atoms with Crippen LogP contribution >= 0.6 is 0 Å². The largest absolute Gasteiger partial charge is 0.348 e. The summed E-state index contributed by atoms with van der Waals surface area (Å²) in [4.78, 5) is 0. The molecule has 0 aliphatic heterocycles. The van der Waals surface area contributed by atoms with Crippen molar-refractivity contribution in [2.75, 3.05) is 0 Å². The third-order valence-corrected chi connectivity index (χ3v) is 2.96. The van der Waals surface area contributed by atoms with Gasteiger partial charge in [0.25, 0.3) is 0 Å². The first-order valence-electron chi connectivity index (χ1n) is 4.87. The van der Waals surface area contributed by atoms with E-state index in [1.165, 1.54) is 5.69 Å². The number of rotatable bonds is 1. The lowest BCUT2D eigenvalue weighted by atomic mass is 10.1. The number of fused-ring (bicyclic) bond motifs is 1. The van der Waals surface area contributed by atoms with Crippen LogP contribution in [-0.2, 0) is 13.6 Å². The van der Waals surface area contributed by atoms with Gasteiger partial charge in [0.15, 0.2) is 0 Å². The Kier molecular flexibility index (Phi) is 2.22. The Balaban J connectivity index is 2.86. The Morgan fingerprint density at radius 3 is 2.80 bits per heavy atom. The van der Waals surface area contributed by atoms with Crippen LogP contribution in [0.3, 0.4) is 0 Å². The van der Waals surface area contributed by atoms with Crippen LogP contribution in [0.25, 0.3) is 10.9 Å². The molecule has 0 atom stereocenters. The molecule has 0 amide bonds. The van der Waals surface area contributed by atoms with E-state index in [0.29, 0.717) is 12.1 Å². The van der Waals surface area contributed by atoms with E-state index in [9.17, 15) is 0 Å². The molecule has 3 nitrogen and oxygen atoms in total. The topological polar surface area (TPSA) is 54.7 Å². The van der Waals surface area contributed by atoms with Crippen LogP contribution in [0.1, 0.15) is 16.8 Å². The smallest absolute Gasteiger partial charge is 0.0992 e. The monoisotopic (exact) mass is 199 g/mol. The average molecular weight is 199 g/mol. The zero-order valence-corrected chi connectivity index (χ0v) is 8.91. The third kappa shape index (κ3) is 1.31. The first-order chi connectivity index (χ1) is 7.19. The molecule has 2 aromatic rings. The molecule has 1 heterocycles. The number of aryl methyl sites for hydroxylation is 1. The maximum absolute atomic E-state index is 8.84. The van der Waals surface area contributed by atoms with Gasteiger partial charge < -0.3 is 10.3 Å². The molecule has 0 radical (unpaired) electrons. The van der Waals surface area contributed by atoms with Crippen molar-refractivity contribution in [1.29, 1.82) is 5.26 Å². The highest BCUT2D eigenvalue weighted by atomic mass is 14.9. The minimum absolute atomic E-state index is 0.537. The molecular formula is C12H13N3. The summed E-state index contributed by atoms with van der Waals surface area (Å²) in [5.74, 6) is 0. The van der Waals surface area contributed by atoms with Crippen molar-refractivity contribution < 1.29 is 0 Å². The minimum atomic E-state index is 0.537.